The summed E-state index contributed by atoms with van der Waals surface area (Å²) in [6, 6.07) is 8.20. The average molecular weight is 271 g/mol. The van der Waals surface area contributed by atoms with Gasteiger partial charge in [0.15, 0.2) is 0 Å². The minimum Gasteiger partial charge on any atom is -0.303 e. The zero-order valence-electron chi connectivity index (χ0n) is 11.2. The topological polar surface area (TPSA) is 30.0 Å². The first-order valence-corrected chi connectivity index (χ1v) is 7.45. The lowest BCUT2D eigenvalue weighted by Crippen LogP contribution is -2.21. The molecule has 2 aromatic rings. The molecule has 19 heavy (non-hydrogen) atoms. The van der Waals surface area contributed by atoms with Gasteiger partial charge in [0.1, 0.15) is 11.3 Å². The van der Waals surface area contributed by atoms with Gasteiger partial charge in [0, 0.05) is 5.92 Å². The van der Waals surface area contributed by atoms with E-state index < -0.39 is 0 Å². The van der Waals surface area contributed by atoms with E-state index in [1.807, 2.05) is 18.2 Å². The van der Waals surface area contributed by atoms with E-state index in [0.717, 1.165) is 29.7 Å². The lowest BCUT2D eigenvalue weighted by atomic mass is 9.73. The Morgan fingerprint density at radius 3 is 2.89 bits per heavy atom. The lowest BCUT2D eigenvalue weighted by Gasteiger charge is -2.32. The lowest BCUT2D eigenvalue weighted by molar-refractivity contribution is -0.110. The van der Waals surface area contributed by atoms with E-state index >= 15 is 0 Å². The molecule has 1 aliphatic rings. The molecule has 0 aliphatic heterocycles. The van der Waals surface area contributed by atoms with E-state index in [1.165, 1.54) is 10.3 Å². The Bertz CT molecular complexity index is 621. The van der Waals surface area contributed by atoms with Crippen molar-refractivity contribution in [3.05, 3.63) is 35.3 Å². The van der Waals surface area contributed by atoms with Crippen LogP contribution >= 0.6 is 11.3 Å². The standard InChI is InChI=1S/C16H17NOS/c1-16(2)8-7-11(10-18)9-12(16)15-17-13-5-3-4-6-14(13)19-15/h3-6,9-11H,7-8H2,1-2H3. The Morgan fingerprint density at radius 1 is 1.37 bits per heavy atom. The van der Waals surface area contributed by atoms with Gasteiger partial charge in [-0.25, -0.2) is 4.98 Å². The second-order valence-electron chi connectivity index (χ2n) is 5.79. The van der Waals surface area contributed by atoms with Crippen LogP contribution in [0.2, 0.25) is 0 Å². The van der Waals surface area contributed by atoms with E-state index in [0.29, 0.717) is 0 Å². The number of hydrogen-bond acceptors (Lipinski definition) is 3. The summed E-state index contributed by atoms with van der Waals surface area (Å²) in [5.74, 6) is 0.0510. The fourth-order valence-corrected chi connectivity index (χ4v) is 3.81. The highest BCUT2D eigenvalue weighted by molar-refractivity contribution is 7.19. The van der Waals surface area contributed by atoms with Gasteiger partial charge in [-0.15, -0.1) is 11.3 Å². The predicted molar refractivity (Wildman–Crippen MR) is 80.2 cm³/mol. The van der Waals surface area contributed by atoms with Crippen molar-refractivity contribution in [2.24, 2.45) is 11.3 Å². The minimum atomic E-state index is 0.0510. The van der Waals surface area contributed by atoms with Crippen molar-refractivity contribution in [2.45, 2.75) is 26.7 Å². The number of fused-ring (bicyclic) bond motifs is 1. The van der Waals surface area contributed by atoms with Crippen LogP contribution in [0.25, 0.3) is 15.8 Å². The molecule has 0 radical (unpaired) electrons. The van der Waals surface area contributed by atoms with Gasteiger partial charge in [0.2, 0.25) is 0 Å². The SMILES string of the molecule is CC1(C)CCC(C=O)C=C1c1nc2ccccc2s1. The molecule has 1 atom stereocenters. The Balaban J connectivity index is 2.12. The molecule has 0 saturated heterocycles. The van der Waals surface area contributed by atoms with Crippen LogP contribution in [-0.2, 0) is 4.79 Å². The van der Waals surface area contributed by atoms with Crippen molar-refractivity contribution in [1.82, 2.24) is 4.98 Å². The van der Waals surface area contributed by atoms with E-state index in [4.69, 9.17) is 4.98 Å². The van der Waals surface area contributed by atoms with Crippen molar-refractivity contribution in [2.75, 3.05) is 0 Å². The maximum Gasteiger partial charge on any atom is 0.126 e. The van der Waals surface area contributed by atoms with Crippen molar-refractivity contribution < 1.29 is 4.79 Å². The molecule has 98 valence electrons. The molecule has 0 saturated carbocycles. The maximum atomic E-state index is 11.1. The van der Waals surface area contributed by atoms with E-state index in [-0.39, 0.29) is 11.3 Å². The number of rotatable bonds is 2. The van der Waals surface area contributed by atoms with Crippen LogP contribution in [0.1, 0.15) is 31.7 Å². The number of para-hydroxylation sites is 1. The normalized spacial score (nSPS) is 22.2. The number of carbonyl (C=O) groups excluding carboxylic acids is 1. The monoisotopic (exact) mass is 271 g/mol. The highest BCUT2D eigenvalue weighted by Crippen LogP contribution is 2.45. The molecule has 0 spiro atoms. The van der Waals surface area contributed by atoms with Crippen molar-refractivity contribution in [1.29, 1.82) is 0 Å². The van der Waals surface area contributed by atoms with Gasteiger partial charge >= 0.3 is 0 Å². The van der Waals surface area contributed by atoms with Gasteiger partial charge in [-0.1, -0.05) is 32.1 Å². The number of allylic oxidation sites excluding steroid dienone is 2. The summed E-state index contributed by atoms with van der Waals surface area (Å²) in [7, 11) is 0. The van der Waals surface area contributed by atoms with Gasteiger partial charge in [-0.2, -0.15) is 0 Å². The Hall–Kier alpha value is -1.48. The molecule has 3 heteroatoms. The molecule has 3 rings (SSSR count). The van der Waals surface area contributed by atoms with Crippen molar-refractivity contribution >= 4 is 33.4 Å². The van der Waals surface area contributed by atoms with Gasteiger partial charge in [-0.3, -0.25) is 0 Å². The maximum absolute atomic E-state index is 11.1. The zero-order chi connectivity index (χ0) is 13.5. The summed E-state index contributed by atoms with van der Waals surface area (Å²) in [6.07, 6.45) is 5.17. The molecule has 0 bridgehead atoms. The van der Waals surface area contributed by atoms with Crippen LogP contribution in [0.3, 0.4) is 0 Å². The number of nitrogens with zero attached hydrogens (tertiary/aromatic N) is 1. The van der Waals surface area contributed by atoms with Crippen molar-refractivity contribution in [3.8, 4) is 0 Å². The number of benzene rings is 1. The first-order valence-electron chi connectivity index (χ1n) is 6.64. The molecule has 2 nitrogen and oxygen atoms in total. The minimum absolute atomic E-state index is 0.0510. The molecule has 1 unspecified atom stereocenters. The predicted octanol–water partition coefficient (Wildman–Crippen LogP) is 4.31. The number of carbonyl (C=O) groups is 1. The second-order valence-corrected chi connectivity index (χ2v) is 6.82. The van der Waals surface area contributed by atoms with E-state index in [2.05, 4.69) is 26.0 Å². The van der Waals surface area contributed by atoms with Crippen LogP contribution in [0.5, 0.6) is 0 Å². The van der Waals surface area contributed by atoms with Crippen LogP contribution in [0.4, 0.5) is 0 Å². The van der Waals surface area contributed by atoms with Crippen LogP contribution < -0.4 is 0 Å². The molecule has 0 N–H and O–H groups in total. The zero-order valence-corrected chi connectivity index (χ0v) is 12.0. The van der Waals surface area contributed by atoms with E-state index in [1.54, 1.807) is 11.3 Å². The van der Waals surface area contributed by atoms with Crippen LogP contribution in [0, 0.1) is 11.3 Å². The fourth-order valence-electron chi connectivity index (χ4n) is 2.64. The Kier molecular flexibility index (Phi) is 3.02. The first-order chi connectivity index (χ1) is 9.10. The summed E-state index contributed by atoms with van der Waals surface area (Å²) in [5.41, 5.74) is 2.39. The molecule has 1 heterocycles. The summed E-state index contributed by atoms with van der Waals surface area (Å²) in [5, 5.41) is 1.07. The number of aromatic nitrogens is 1. The molecule has 0 fully saturated rings. The summed E-state index contributed by atoms with van der Waals surface area (Å²) >= 11 is 1.72. The highest BCUT2D eigenvalue weighted by atomic mass is 32.1. The third kappa shape index (κ3) is 2.23. The molecular weight excluding hydrogens is 254 g/mol. The first kappa shape index (κ1) is 12.5. The Morgan fingerprint density at radius 2 is 2.16 bits per heavy atom. The molecule has 1 aromatic heterocycles. The van der Waals surface area contributed by atoms with Gasteiger partial charge < -0.3 is 4.79 Å². The van der Waals surface area contributed by atoms with Gasteiger partial charge in [0.25, 0.3) is 0 Å². The summed E-state index contributed by atoms with van der Waals surface area (Å²) < 4.78 is 1.21. The number of hydrogen-bond donors (Lipinski definition) is 0. The Labute approximate surface area is 117 Å². The largest absolute Gasteiger partial charge is 0.303 e. The fraction of sp³-hybridized carbons (Fsp3) is 0.375. The van der Waals surface area contributed by atoms with Gasteiger partial charge in [-0.05, 0) is 36.0 Å². The van der Waals surface area contributed by atoms with Crippen LogP contribution in [0.15, 0.2) is 30.3 Å². The van der Waals surface area contributed by atoms with Crippen molar-refractivity contribution in [3.63, 3.8) is 0 Å². The second kappa shape index (κ2) is 4.57. The highest BCUT2D eigenvalue weighted by Gasteiger charge is 2.31. The third-order valence-corrected chi connectivity index (χ3v) is 4.98. The van der Waals surface area contributed by atoms with E-state index in [9.17, 15) is 4.79 Å². The van der Waals surface area contributed by atoms with Crippen LogP contribution in [-0.4, -0.2) is 11.3 Å². The molecule has 1 aliphatic carbocycles. The van der Waals surface area contributed by atoms with Gasteiger partial charge in [0.05, 0.1) is 10.2 Å². The molecular formula is C16H17NOS. The average Bonchev–Trinajstić information content (AvgIpc) is 2.81. The molecule has 1 aromatic carbocycles. The summed E-state index contributed by atoms with van der Waals surface area (Å²) in [6.45, 7) is 4.48. The summed E-state index contributed by atoms with van der Waals surface area (Å²) in [4.78, 5) is 15.8. The number of aldehydes is 1. The molecule has 0 amide bonds. The quantitative estimate of drug-likeness (QED) is 0.762. The smallest absolute Gasteiger partial charge is 0.126 e. The number of thiazole rings is 1. The third-order valence-electron chi connectivity index (χ3n) is 3.91.